The highest BCUT2D eigenvalue weighted by molar-refractivity contribution is 9.10. The molecule has 1 aliphatic rings. The lowest BCUT2D eigenvalue weighted by atomic mass is 10.3. The number of halogens is 1. The van der Waals surface area contributed by atoms with Crippen LogP contribution in [0.5, 0.6) is 0 Å². The second-order valence-corrected chi connectivity index (χ2v) is 7.01. The molecule has 0 saturated carbocycles. The first kappa shape index (κ1) is 14.7. The van der Waals surface area contributed by atoms with Crippen molar-refractivity contribution >= 4 is 32.0 Å². The summed E-state index contributed by atoms with van der Waals surface area (Å²) in [5.41, 5.74) is 0. The summed E-state index contributed by atoms with van der Waals surface area (Å²) >= 11 is 3.21. The van der Waals surface area contributed by atoms with Gasteiger partial charge in [-0.05, 0) is 41.9 Å². The van der Waals surface area contributed by atoms with E-state index in [0.29, 0.717) is 23.5 Å². The quantitative estimate of drug-likeness (QED) is 0.841. The molecule has 19 heavy (non-hydrogen) atoms. The summed E-state index contributed by atoms with van der Waals surface area (Å²) in [7, 11) is -3.60. The third kappa shape index (κ3) is 3.88. The van der Waals surface area contributed by atoms with Gasteiger partial charge in [-0.25, -0.2) is 4.98 Å². The second-order valence-electron chi connectivity index (χ2n) is 4.53. The van der Waals surface area contributed by atoms with E-state index in [4.69, 9.17) is 4.74 Å². The topological polar surface area (TPSA) is 71.5 Å². The molecule has 106 valence electrons. The summed E-state index contributed by atoms with van der Waals surface area (Å²) in [6.45, 7) is 4.40. The predicted molar refractivity (Wildman–Crippen MR) is 76.1 cm³/mol. The maximum atomic E-state index is 12.3. The number of aromatic nitrogens is 1. The minimum absolute atomic E-state index is 0.115. The van der Waals surface area contributed by atoms with Gasteiger partial charge in [0.05, 0.1) is 12.2 Å². The highest BCUT2D eigenvalue weighted by Crippen LogP contribution is 2.17. The van der Waals surface area contributed by atoms with Gasteiger partial charge in [0, 0.05) is 13.1 Å². The van der Waals surface area contributed by atoms with E-state index >= 15 is 0 Å². The molecule has 1 N–H and O–H groups in total. The van der Waals surface area contributed by atoms with Crippen molar-refractivity contribution in [3.63, 3.8) is 0 Å². The molecule has 1 fully saturated rings. The lowest BCUT2D eigenvalue weighted by Gasteiger charge is -2.34. The Labute approximate surface area is 121 Å². The molecule has 1 aromatic heterocycles. The Kier molecular flexibility index (Phi) is 4.44. The highest BCUT2D eigenvalue weighted by Gasteiger charge is 2.31. The maximum absolute atomic E-state index is 12.3. The Morgan fingerprint density at radius 2 is 2.00 bits per heavy atom. The molecule has 1 aromatic rings. The molecule has 8 heteroatoms. The first-order valence-electron chi connectivity index (χ1n) is 5.93. The molecule has 2 unspecified atom stereocenters. The highest BCUT2D eigenvalue weighted by atomic mass is 79.9. The fraction of sp³-hybridized carbons (Fsp3) is 0.545. The molecule has 0 radical (unpaired) electrons. The van der Waals surface area contributed by atoms with Crippen molar-refractivity contribution < 1.29 is 13.2 Å². The molecule has 2 heterocycles. The van der Waals surface area contributed by atoms with Crippen LogP contribution in [-0.4, -0.2) is 43.0 Å². The van der Waals surface area contributed by atoms with Gasteiger partial charge in [-0.3, -0.25) is 4.72 Å². The number of ether oxygens (including phenoxy) is 1. The van der Waals surface area contributed by atoms with Crippen LogP contribution in [0.1, 0.15) is 13.8 Å². The van der Waals surface area contributed by atoms with Crippen LogP contribution in [-0.2, 0) is 14.9 Å². The lowest BCUT2D eigenvalue weighted by Crippen LogP contribution is -2.50. The summed E-state index contributed by atoms with van der Waals surface area (Å²) in [4.78, 5) is 4.06. The molecule has 2 atom stereocenters. The van der Waals surface area contributed by atoms with Crippen molar-refractivity contribution in [2.75, 3.05) is 17.8 Å². The monoisotopic (exact) mass is 349 g/mol. The lowest BCUT2D eigenvalue weighted by molar-refractivity contribution is -0.0439. The Hall–Kier alpha value is -0.700. The van der Waals surface area contributed by atoms with Crippen molar-refractivity contribution in [3.8, 4) is 0 Å². The minimum atomic E-state index is -3.60. The Balaban J connectivity index is 2.14. The smallest absolute Gasteiger partial charge is 0.302 e. The van der Waals surface area contributed by atoms with Gasteiger partial charge in [-0.1, -0.05) is 6.07 Å². The summed E-state index contributed by atoms with van der Waals surface area (Å²) in [6.07, 6.45) is -0.230. The second kappa shape index (κ2) is 5.74. The van der Waals surface area contributed by atoms with Gasteiger partial charge in [0.2, 0.25) is 0 Å². The van der Waals surface area contributed by atoms with Crippen molar-refractivity contribution in [2.45, 2.75) is 26.1 Å². The number of anilines is 1. The minimum Gasteiger partial charge on any atom is -0.373 e. The zero-order valence-electron chi connectivity index (χ0n) is 10.7. The van der Waals surface area contributed by atoms with Crippen molar-refractivity contribution in [1.29, 1.82) is 0 Å². The number of rotatable bonds is 3. The Morgan fingerprint density at radius 1 is 1.37 bits per heavy atom. The first-order valence-corrected chi connectivity index (χ1v) is 8.16. The fourth-order valence-corrected chi connectivity index (χ4v) is 3.65. The SMILES string of the molecule is CC1CN(S(=O)(=O)Nc2cccc(Br)n2)CC(C)O1. The maximum Gasteiger partial charge on any atom is 0.302 e. The zero-order chi connectivity index (χ0) is 14.0. The number of nitrogens with zero attached hydrogens (tertiary/aromatic N) is 2. The molecule has 0 bridgehead atoms. The van der Waals surface area contributed by atoms with Gasteiger partial charge >= 0.3 is 10.2 Å². The van der Waals surface area contributed by atoms with E-state index in [-0.39, 0.29) is 12.2 Å². The predicted octanol–water partition coefficient (Wildman–Crippen LogP) is 1.61. The van der Waals surface area contributed by atoms with Gasteiger partial charge in [0.25, 0.3) is 0 Å². The molecule has 0 spiro atoms. The van der Waals surface area contributed by atoms with Gasteiger partial charge in [-0.2, -0.15) is 12.7 Å². The number of hydrogen-bond donors (Lipinski definition) is 1. The Morgan fingerprint density at radius 3 is 2.58 bits per heavy atom. The van der Waals surface area contributed by atoms with Crippen molar-refractivity contribution in [2.24, 2.45) is 0 Å². The zero-order valence-corrected chi connectivity index (χ0v) is 13.1. The van der Waals surface area contributed by atoms with E-state index < -0.39 is 10.2 Å². The van der Waals surface area contributed by atoms with Crippen LogP contribution in [0, 0.1) is 0 Å². The Bertz CT molecular complexity index is 542. The van der Waals surface area contributed by atoms with E-state index in [2.05, 4.69) is 25.6 Å². The molecular weight excluding hydrogens is 334 g/mol. The average molecular weight is 350 g/mol. The molecule has 1 saturated heterocycles. The largest absolute Gasteiger partial charge is 0.373 e. The van der Waals surface area contributed by atoms with Crippen LogP contribution in [0.15, 0.2) is 22.8 Å². The van der Waals surface area contributed by atoms with Gasteiger partial charge in [0.15, 0.2) is 0 Å². The molecular formula is C11H16BrN3O3S. The van der Waals surface area contributed by atoms with Gasteiger partial charge in [0.1, 0.15) is 10.4 Å². The van der Waals surface area contributed by atoms with Crippen LogP contribution in [0.25, 0.3) is 0 Å². The molecule has 6 nitrogen and oxygen atoms in total. The molecule has 0 amide bonds. The summed E-state index contributed by atoms with van der Waals surface area (Å²) < 4.78 is 34.5. The van der Waals surface area contributed by atoms with Crippen LogP contribution in [0.3, 0.4) is 0 Å². The van der Waals surface area contributed by atoms with Gasteiger partial charge in [-0.15, -0.1) is 0 Å². The molecule has 2 rings (SSSR count). The summed E-state index contributed by atoms with van der Waals surface area (Å²) in [6, 6.07) is 5.06. The molecule has 0 aliphatic carbocycles. The van der Waals surface area contributed by atoms with E-state index in [1.165, 1.54) is 4.31 Å². The summed E-state index contributed by atoms with van der Waals surface area (Å²) in [5.74, 6) is 0.293. The fourth-order valence-electron chi connectivity index (χ4n) is 1.99. The third-order valence-corrected chi connectivity index (χ3v) is 4.56. The van der Waals surface area contributed by atoms with Crippen LogP contribution in [0.4, 0.5) is 5.82 Å². The number of hydrogen-bond acceptors (Lipinski definition) is 4. The number of nitrogens with one attached hydrogen (secondary N) is 1. The number of morpholine rings is 1. The normalized spacial score (nSPS) is 25.2. The third-order valence-electron chi connectivity index (χ3n) is 2.67. The van der Waals surface area contributed by atoms with Crippen LogP contribution < -0.4 is 4.72 Å². The van der Waals surface area contributed by atoms with E-state index in [9.17, 15) is 8.42 Å². The first-order chi connectivity index (χ1) is 8.87. The number of pyridine rings is 1. The molecule has 0 aromatic carbocycles. The van der Waals surface area contributed by atoms with Crippen molar-refractivity contribution in [1.82, 2.24) is 9.29 Å². The van der Waals surface area contributed by atoms with Gasteiger partial charge < -0.3 is 4.74 Å². The van der Waals surface area contributed by atoms with Crippen LogP contribution in [0.2, 0.25) is 0 Å². The molecule has 1 aliphatic heterocycles. The van der Waals surface area contributed by atoms with E-state index in [0.717, 1.165) is 0 Å². The average Bonchev–Trinajstić information content (AvgIpc) is 2.26. The summed E-state index contributed by atoms with van der Waals surface area (Å²) in [5, 5.41) is 0. The van der Waals surface area contributed by atoms with Crippen molar-refractivity contribution in [3.05, 3.63) is 22.8 Å². The van der Waals surface area contributed by atoms with E-state index in [1.54, 1.807) is 18.2 Å². The van der Waals surface area contributed by atoms with E-state index in [1.807, 2.05) is 13.8 Å². The standard InChI is InChI=1S/C11H16BrN3O3S/c1-8-6-15(7-9(2)18-8)19(16,17)14-11-5-3-4-10(12)13-11/h3-5,8-9H,6-7H2,1-2H3,(H,13,14). The van der Waals surface area contributed by atoms with Crippen LogP contribution >= 0.6 is 15.9 Å².